The number of nitrogens with zero attached hydrogens (tertiary/aromatic N) is 1. The lowest BCUT2D eigenvalue weighted by Crippen LogP contribution is -2.10. The van der Waals surface area contributed by atoms with E-state index in [4.69, 9.17) is 4.42 Å². The predicted octanol–water partition coefficient (Wildman–Crippen LogP) is 14.9. The number of anilines is 3. The number of hydrogen-bond donors (Lipinski definition) is 0. The molecule has 0 bridgehead atoms. The van der Waals surface area contributed by atoms with Gasteiger partial charge in [0.15, 0.2) is 0 Å². The SMILES string of the molecule is c1cc(-c2ccc(N(c3ccc(-c4cccc5ccccc45)cc3)c3cccc(-c4cc5ccccc5o4)c3)cc2)cc(-c2ccc3ccccc3c2)c1. The molecule has 0 radical (unpaired) electrons. The Morgan fingerprint density at radius 3 is 1.67 bits per heavy atom. The van der Waals surface area contributed by atoms with E-state index in [0.29, 0.717) is 0 Å². The van der Waals surface area contributed by atoms with E-state index in [1.807, 2.05) is 18.2 Å². The van der Waals surface area contributed by atoms with Gasteiger partial charge in [-0.15, -0.1) is 0 Å². The molecule has 0 fully saturated rings. The molecular formula is C52H35NO. The van der Waals surface area contributed by atoms with Crippen molar-refractivity contribution >= 4 is 49.6 Å². The third kappa shape index (κ3) is 5.90. The van der Waals surface area contributed by atoms with Gasteiger partial charge in [0.2, 0.25) is 0 Å². The maximum atomic E-state index is 6.31. The third-order valence-electron chi connectivity index (χ3n) is 10.4. The van der Waals surface area contributed by atoms with E-state index in [9.17, 15) is 0 Å². The number of para-hydroxylation sites is 1. The summed E-state index contributed by atoms with van der Waals surface area (Å²) >= 11 is 0. The number of furan rings is 1. The van der Waals surface area contributed by atoms with Crippen LogP contribution in [0.3, 0.4) is 0 Å². The smallest absolute Gasteiger partial charge is 0.135 e. The summed E-state index contributed by atoms with van der Waals surface area (Å²) < 4.78 is 6.31. The van der Waals surface area contributed by atoms with Gasteiger partial charge in [0, 0.05) is 28.0 Å². The van der Waals surface area contributed by atoms with Gasteiger partial charge in [-0.25, -0.2) is 0 Å². The van der Waals surface area contributed by atoms with Crippen molar-refractivity contribution in [3.05, 3.63) is 212 Å². The summed E-state index contributed by atoms with van der Waals surface area (Å²) in [5, 5.41) is 6.09. The minimum absolute atomic E-state index is 0.853. The zero-order chi connectivity index (χ0) is 35.8. The van der Waals surface area contributed by atoms with E-state index in [0.717, 1.165) is 39.4 Å². The van der Waals surface area contributed by atoms with Crippen LogP contribution in [0.5, 0.6) is 0 Å². The Morgan fingerprint density at radius 2 is 0.870 bits per heavy atom. The summed E-state index contributed by atoms with van der Waals surface area (Å²) in [5.74, 6) is 0.853. The van der Waals surface area contributed by atoms with Crippen molar-refractivity contribution in [2.75, 3.05) is 4.90 Å². The van der Waals surface area contributed by atoms with Gasteiger partial charge in [0.1, 0.15) is 11.3 Å². The maximum Gasteiger partial charge on any atom is 0.135 e. The number of benzene rings is 9. The number of fused-ring (bicyclic) bond motifs is 3. The summed E-state index contributed by atoms with van der Waals surface area (Å²) in [6.07, 6.45) is 0. The molecule has 2 nitrogen and oxygen atoms in total. The first-order chi connectivity index (χ1) is 26.7. The van der Waals surface area contributed by atoms with Crippen molar-refractivity contribution < 1.29 is 4.42 Å². The molecule has 0 spiro atoms. The standard InChI is InChI=1S/C52H35NO/c1-2-12-40-33-43(23-22-36(40)10-1)42-16-7-15-41(32-42)37-24-28-46(29-25-37)53(48-18-8-17-44(34-48)52-35-45-13-4-6-21-51(45)54-52)47-30-26-39(27-31-47)50-20-9-14-38-11-3-5-19-49(38)50/h1-35H. The molecule has 0 atom stereocenters. The van der Waals surface area contributed by atoms with Gasteiger partial charge >= 0.3 is 0 Å². The molecule has 254 valence electrons. The van der Waals surface area contributed by atoms with Crippen LogP contribution in [0.2, 0.25) is 0 Å². The average molecular weight is 690 g/mol. The van der Waals surface area contributed by atoms with Crippen molar-refractivity contribution in [1.82, 2.24) is 0 Å². The fourth-order valence-corrected chi connectivity index (χ4v) is 7.69. The number of hydrogen-bond acceptors (Lipinski definition) is 2. The highest BCUT2D eigenvalue weighted by molar-refractivity contribution is 5.97. The molecule has 9 aromatic carbocycles. The highest BCUT2D eigenvalue weighted by Gasteiger charge is 2.16. The normalized spacial score (nSPS) is 11.3. The number of rotatable bonds is 7. The predicted molar refractivity (Wildman–Crippen MR) is 228 cm³/mol. The lowest BCUT2D eigenvalue weighted by molar-refractivity contribution is 0.631. The van der Waals surface area contributed by atoms with Gasteiger partial charge < -0.3 is 9.32 Å². The highest BCUT2D eigenvalue weighted by atomic mass is 16.3. The van der Waals surface area contributed by atoms with Gasteiger partial charge in [-0.3, -0.25) is 0 Å². The van der Waals surface area contributed by atoms with Crippen LogP contribution in [0.1, 0.15) is 0 Å². The molecule has 10 rings (SSSR count). The Balaban J connectivity index is 1.03. The first kappa shape index (κ1) is 31.6. The Hall–Kier alpha value is -7.16. The van der Waals surface area contributed by atoms with E-state index >= 15 is 0 Å². The zero-order valence-electron chi connectivity index (χ0n) is 29.6. The summed E-state index contributed by atoms with van der Waals surface area (Å²) in [7, 11) is 0. The molecular weight excluding hydrogens is 655 g/mol. The van der Waals surface area contributed by atoms with Gasteiger partial charge in [-0.05, 0) is 116 Å². The van der Waals surface area contributed by atoms with E-state index < -0.39 is 0 Å². The van der Waals surface area contributed by atoms with Crippen molar-refractivity contribution in [3.8, 4) is 44.7 Å². The van der Waals surface area contributed by atoms with Crippen molar-refractivity contribution in [1.29, 1.82) is 0 Å². The molecule has 2 heteroatoms. The molecule has 1 heterocycles. The van der Waals surface area contributed by atoms with E-state index in [1.165, 1.54) is 54.9 Å². The first-order valence-electron chi connectivity index (χ1n) is 18.4. The van der Waals surface area contributed by atoms with Crippen LogP contribution < -0.4 is 4.90 Å². The fraction of sp³-hybridized carbons (Fsp3) is 0. The van der Waals surface area contributed by atoms with E-state index in [1.54, 1.807) is 0 Å². The van der Waals surface area contributed by atoms with Crippen LogP contribution >= 0.6 is 0 Å². The second kappa shape index (κ2) is 13.4. The van der Waals surface area contributed by atoms with Crippen LogP contribution in [0.4, 0.5) is 17.1 Å². The van der Waals surface area contributed by atoms with Crippen molar-refractivity contribution in [3.63, 3.8) is 0 Å². The van der Waals surface area contributed by atoms with Crippen LogP contribution in [-0.4, -0.2) is 0 Å². The average Bonchev–Trinajstić information content (AvgIpc) is 3.69. The van der Waals surface area contributed by atoms with E-state index in [2.05, 4.69) is 199 Å². The second-order valence-electron chi connectivity index (χ2n) is 13.8. The molecule has 10 aromatic rings. The van der Waals surface area contributed by atoms with Crippen molar-refractivity contribution in [2.45, 2.75) is 0 Å². The summed E-state index contributed by atoms with van der Waals surface area (Å²) in [4.78, 5) is 2.33. The van der Waals surface area contributed by atoms with Gasteiger partial charge in [-0.2, -0.15) is 0 Å². The van der Waals surface area contributed by atoms with E-state index in [-0.39, 0.29) is 0 Å². The zero-order valence-corrected chi connectivity index (χ0v) is 29.6. The van der Waals surface area contributed by atoms with Crippen LogP contribution in [0.25, 0.3) is 77.2 Å². The van der Waals surface area contributed by atoms with Crippen molar-refractivity contribution in [2.24, 2.45) is 0 Å². The Labute approximate surface area is 314 Å². The largest absolute Gasteiger partial charge is 0.456 e. The Kier molecular flexibility index (Phi) is 7.85. The summed E-state index contributed by atoms with van der Waals surface area (Å²) in [6, 6.07) is 75.9. The van der Waals surface area contributed by atoms with Gasteiger partial charge in [-0.1, -0.05) is 152 Å². The Bertz CT molecular complexity index is 2900. The monoisotopic (exact) mass is 689 g/mol. The molecule has 0 aliphatic carbocycles. The molecule has 0 amide bonds. The lowest BCUT2D eigenvalue weighted by atomic mass is 9.97. The molecule has 1 aromatic heterocycles. The minimum atomic E-state index is 0.853. The molecule has 0 unspecified atom stereocenters. The van der Waals surface area contributed by atoms with Gasteiger partial charge in [0.25, 0.3) is 0 Å². The Morgan fingerprint density at radius 1 is 0.296 bits per heavy atom. The first-order valence-corrected chi connectivity index (χ1v) is 18.4. The summed E-state index contributed by atoms with van der Waals surface area (Å²) in [6.45, 7) is 0. The second-order valence-corrected chi connectivity index (χ2v) is 13.8. The third-order valence-corrected chi connectivity index (χ3v) is 10.4. The fourth-order valence-electron chi connectivity index (χ4n) is 7.69. The van der Waals surface area contributed by atoms with Gasteiger partial charge in [0.05, 0.1) is 0 Å². The molecule has 0 saturated carbocycles. The molecule has 0 aliphatic heterocycles. The van der Waals surface area contributed by atoms with Crippen LogP contribution in [0.15, 0.2) is 217 Å². The molecule has 54 heavy (non-hydrogen) atoms. The highest BCUT2D eigenvalue weighted by Crippen LogP contribution is 2.40. The van der Waals surface area contributed by atoms with Crippen LogP contribution in [-0.2, 0) is 0 Å². The topological polar surface area (TPSA) is 16.4 Å². The lowest BCUT2D eigenvalue weighted by Gasteiger charge is -2.26. The molecule has 0 saturated heterocycles. The van der Waals surface area contributed by atoms with Crippen LogP contribution in [0, 0.1) is 0 Å². The molecule has 0 N–H and O–H groups in total. The summed E-state index contributed by atoms with van der Waals surface area (Å²) in [5.41, 5.74) is 12.3. The maximum absolute atomic E-state index is 6.31. The quantitative estimate of drug-likeness (QED) is 0.166. The minimum Gasteiger partial charge on any atom is -0.456 e. The molecule has 0 aliphatic rings.